The van der Waals surface area contributed by atoms with E-state index in [4.69, 9.17) is 11.6 Å². The molecule has 0 aliphatic carbocycles. The highest BCUT2D eigenvalue weighted by Gasteiger charge is 2.28. The number of benzene rings is 1. The van der Waals surface area contributed by atoms with Gasteiger partial charge < -0.3 is 4.90 Å². The van der Waals surface area contributed by atoms with Crippen LogP contribution >= 0.6 is 11.6 Å². The van der Waals surface area contributed by atoms with Gasteiger partial charge in [-0.2, -0.15) is 4.31 Å². The summed E-state index contributed by atoms with van der Waals surface area (Å²) in [6.45, 7) is 2.12. The lowest BCUT2D eigenvalue weighted by atomic mass is 10.3. The summed E-state index contributed by atoms with van der Waals surface area (Å²) in [5.41, 5.74) is 0. The van der Waals surface area contributed by atoms with Gasteiger partial charge in [0, 0.05) is 37.4 Å². The van der Waals surface area contributed by atoms with Crippen LogP contribution in [0.25, 0.3) is 0 Å². The topological polar surface area (TPSA) is 53.5 Å². The van der Waals surface area contributed by atoms with Crippen molar-refractivity contribution in [2.24, 2.45) is 0 Å². The van der Waals surface area contributed by atoms with Crippen molar-refractivity contribution in [3.05, 3.63) is 53.7 Å². The average Bonchev–Trinajstić information content (AvgIpc) is 2.56. The van der Waals surface area contributed by atoms with E-state index < -0.39 is 10.0 Å². The smallest absolute Gasteiger partial charge is 0.243 e. The van der Waals surface area contributed by atoms with E-state index in [9.17, 15) is 8.42 Å². The molecule has 7 heteroatoms. The summed E-state index contributed by atoms with van der Waals surface area (Å²) in [4.78, 5) is 6.63. The van der Waals surface area contributed by atoms with Crippen LogP contribution in [0.4, 0.5) is 5.82 Å². The maximum atomic E-state index is 12.6. The van der Waals surface area contributed by atoms with Crippen LogP contribution in [0.15, 0.2) is 53.6 Å². The van der Waals surface area contributed by atoms with Gasteiger partial charge in [0.15, 0.2) is 0 Å². The normalized spacial score (nSPS) is 16.7. The van der Waals surface area contributed by atoms with Gasteiger partial charge in [-0.1, -0.05) is 23.7 Å². The predicted octanol–water partition coefficient (Wildman–Crippen LogP) is 2.25. The van der Waals surface area contributed by atoms with Crippen molar-refractivity contribution < 1.29 is 8.42 Å². The van der Waals surface area contributed by atoms with E-state index in [0.717, 1.165) is 5.82 Å². The molecule has 0 amide bonds. The van der Waals surface area contributed by atoms with E-state index in [1.54, 1.807) is 24.4 Å². The molecule has 5 nitrogen and oxygen atoms in total. The minimum atomic E-state index is -3.49. The van der Waals surface area contributed by atoms with Gasteiger partial charge >= 0.3 is 0 Å². The monoisotopic (exact) mass is 337 g/mol. The molecule has 2 heterocycles. The Morgan fingerprint density at radius 2 is 1.77 bits per heavy atom. The fourth-order valence-electron chi connectivity index (χ4n) is 2.47. The molecule has 1 saturated heterocycles. The number of nitrogens with zero attached hydrogens (tertiary/aromatic N) is 3. The molecule has 1 fully saturated rings. The molecule has 116 valence electrons. The lowest BCUT2D eigenvalue weighted by Crippen LogP contribution is -2.48. The van der Waals surface area contributed by atoms with Crippen LogP contribution in [0.3, 0.4) is 0 Å². The number of aromatic nitrogens is 1. The first-order chi connectivity index (χ1) is 10.6. The van der Waals surface area contributed by atoms with E-state index in [-0.39, 0.29) is 4.90 Å². The van der Waals surface area contributed by atoms with Crippen LogP contribution in [-0.4, -0.2) is 43.9 Å². The Kier molecular flexibility index (Phi) is 4.33. The summed E-state index contributed by atoms with van der Waals surface area (Å²) in [6, 6.07) is 12.1. The van der Waals surface area contributed by atoms with E-state index in [1.165, 1.54) is 10.4 Å². The van der Waals surface area contributed by atoms with Crippen molar-refractivity contribution in [1.82, 2.24) is 9.29 Å². The SMILES string of the molecule is O=S(=O)(c1cccc(Cl)c1)N1CCN(c2ccccn2)CC1. The Morgan fingerprint density at radius 1 is 1.00 bits per heavy atom. The number of piperazine rings is 1. The van der Waals surface area contributed by atoms with Crippen molar-refractivity contribution >= 4 is 27.4 Å². The zero-order chi connectivity index (χ0) is 15.6. The fourth-order valence-corrected chi connectivity index (χ4v) is 4.20. The predicted molar refractivity (Wildman–Crippen MR) is 86.7 cm³/mol. The second-order valence-corrected chi connectivity index (χ2v) is 7.41. The van der Waals surface area contributed by atoms with Gasteiger partial charge in [-0.15, -0.1) is 0 Å². The third-order valence-corrected chi connectivity index (χ3v) is 5.78. The number of sulfonamides is 1. The fraction of sp³-hybridized carbons (Fsp3) is 0.267. The average molecular weight is 338 g/mol. The van der Waals surface area contributed by atoms with Gasteiger partial charge in [-0.25, -0.2) is 13.4 Å². The van der Waals surface area contributed by atoms with E-state index in [1.807, 2.05) is 18.2 Å². The minimum absolute atomic E-state index is 0.242. The van der Waals surface area contributed by atoms with Crippen LogP contribution < -0.4 is 4.90 Å². The molecule has 0 radical (unpaired) electrons. The largest absolute Gasteiger partial charge is 0.354 e. The highest BCUT2D eigenvalue weighted by Crippen LogP contribution is 2.22. The second-order valence-electron chi connectivity index (χ2n) is 5.04. The highest BCUT2D eigenvalue weighted by atomic mass is 35.5. The maximum Gasteiger partial charge on any atom is 0.243 e. The lowest BCUT2D eigenvalue weighted by Gasteiger charge is -2.34. The quantitative estimate of drug-likeness (QED) is 0.862. The summed E-state index contributed by atoms with van der Waals surface area (Å²) >= 11 is 5.89. The summed E-state index contributed by atoms with van der Waals surface area (Å²) in [5.74, 6) is 0.877. The molecule has 1 aromatic carbocycles. The van der Waals surface area contributed by atoms with Crippen LogP contribution in [0, 0.1) is 0 Å². The molecule has 1 aliphatic rings. The van der Waals surface area contributed by atoms with Gasteiger partial charge in [0.2, 0.25) is 10.0 Å². The molecule has 0 unspecified atom stereocenters. The molecule has 0 atom stereocenters. The number of pyridine rings is 1. The zero-order valence-corrected chi connectivity index (χ0v) is 13.5. The van der Waals surface area contributed by atoms with Crippen molar-refractivity contribution in [1.29, 1.82) is 0 Å². The third-order valence-electron chi connectivity index (χ3n) is 3.65. The third kappa shape index (κ3) is 3.09. The molecule has 0 bridgehead atoms. The minimum Gasteiger partial charge on any atom is -0.354 e. The first-order valence-electron chi connectivity index (χ1n) is 6.99. The van der Waals surface area contributed by atoms with Crippen LogP contribution in [0.5, 0.6) is 0 Å². The molecule has 0 N–H and O–H groups in total. The Labute approximate surface area is 135 Å². The van der Waals surface area contributed by atoms with E-state index in [0.29, 0.717) is 31.2 Å². The Balaban J connectivity index is 1.73. The number of rotatable bonds is 3. The lowest BCUT2D eigenvalue weighted by molar-refractivity contribution is 0.384. The molecular formula is C15H16ClN3O2S. The summed E-state index contributed by atoms with van der Waals surface area (Å²) in [5, 5.41) is 0.424. The molecule has 2 aromatic rings. The van der Waals surface area contributed by atoms with Crippen molar-refractivity contribution in [3.63, 3.8) is 0 Å². The maximum absolute atomic E-state index is 12.6. The number of hydrogen-bond donors (Lipinski definition) is 0. The van der Waals surface area contributed by atoms with E-state index in [2.05, 4.69) is 9.88 Å². The Bertz CT molecular complexity index is 744. The van der Waals surface area contributed by atoms with Crippen molar-refractivity contribution in [3.8, 4) is 0 Å². The van der Waals surface area contributed by atoms with Crippen molar-refractivity contribution in [2.45, 2.75) is 4.90 Å². The zero-order valence-electron chi connectivity index (χ0n) is 11.9. The van der Waals surface area contributed by atoms with E-state index >= 15 is 0 Å². The van der Waals surface area contributed by atoms with Gasteiger partial charge in [-0.05, 0) is 30.3 Å². The van der Waals surface area contributed by atoms with Gasteiger partial charge in [0.1, 0.15) is 5.82 Å². The number of anilines is 1. The summed E-state index contributed by atoms with van der Waals surface area (Å²) in [6.07, 6.45) is 1.74. The second kappa shape index (κ2) is 6.24. The first-order valence-corrected chi connectivity index (χ1v) is 8.81. The summed E-state index contributed by atoms with van der Waals surface area (Å²) in [7, 11) is -3.49. The Hall–Kier alpha value is -1.63. The van der Waals surface area contributed by atoms with Gasteiger partial charge in [-0.3, -0.25) is 0 Å². The first kappa shape index (κ1) is 15.3. The Morgan fingerprint density at radius 3 is 2.41 bits per heavy atom. The van der Waals surface area contributed by atoms with Gasteiger partial charge in [0.25, 0.3) is 0 Å². The molecule has 1 aliphatic heterocycles. The standard InChI is InChI=1S/C15H16ClN3O2S/c16-13-4-3-5-14(12-13)22(20,21)19-10-8-18(9-11-19)15-6-1-2-7-17-15/h1-7,12H,8-11H2. The molecule has 22 heavy (non-hydrogen) atoms. The number of halogens is 1. The molecule has 0 spiro atoms. The molecular weight excluding hydrogens is 322 g/mol. The van der Waals surface area contributed by atoms with Gasteiger partial charge in [0.05, 0.1) is 4.90 Å². The van der Waals surface area contributed by atoms with Crippen LogP contribution in [0.1, 0.15) is 0 Å². The highest BCUT2D eigenvalue weighted by molar-refractivity contribution is 7.89. The molecule has 1 aromatic heterocycles. The van der Waals surface area contributed by atoms with Crippen LogP contribution in [-0.2, 0) is 10.0 Å². The molecule has 0 saturated carbocycles. The van der Waals surface area contributed by atoms with Crippen LogP contribution in [0.2, 0.25) is 5.02 Å². The molecule has 3 rings (SSSR count). The number of hydrogen-bond acceptors (Lipinski definition) is 4. The summed E-state index contributed by atoms with van der Waals surface area (Å²) < 4.78 is 26.7. The van der Waals surface area contributed by atoms with Crippen molar-refractivity contribution in [2.75, 3.05) is 31.1 Å².